The zero-order valence-electron chi connectivity index (χ0n) is 14.8. The van der Waals surface area contributed by atoms with Gasteiger partial charge in [0.25, 0.3) is 0 Å². The van der Waals surface area contributed by atoms with Crippen LogP contribution in [0, 0.1) is 23.7 Å². The second-order valence-corrected chi connectivity index (χ2v) is 7.72. The van der Waals surface area contributed by atoms with E-state index in [1.807, 2.05) is 42.5 Å². The molecule has 0 spiro atoms. The van der Waals surface area contributed by atoms with Crippen molar-refractivity contribution in [3.05, 3.63) is 60.2 Å². The minimum atomic E-state index is -0.301. The number of amides is 3. The Morgan fingerprint density at radius 3 is 2.33 bits per heavy atom. The van der Waals surface area contributed by atoms with Crippen LogP contribution in [0.2, 0.25) is 0 Å². The average Bonchev–Trinajstić information content (AvgIpc) is 3.36. The highest BCUT2D eigenvalue weighted by atomic mass is 16.2. The number of likely N-dealkylation sites (tertiary alicyclic amines) is 1. The van der Waals surface area contributed by atoms with Gasteiger partial charge in [-0.3, -0.25) is 19.3 Å². The van der Waals surface area contributed by atoms with Crippen LogP contribution in [0.25, 0.3) is 10.8 Å². The molecule has 2 bridgehead atoms. The molecule has 5 heteroatoms. The highest BCUT2D eigenvalue weighted by Crippen LogP contribution is 2.52. The van der Waals surface area contributed by atoms with Crippen molar-refractivity contribution >= 4 is 28.5 Å². The number of rotatable bonds is 4. The summed E-state index contributed by atoms with van der Waals surface area (Å²) in [6.07, 6.45) is 5.01. The molecule has 136 valence electrons. The maximum atomic E-state index is 12.6. The molecule has 1 N–H and O–H groups in total. The summed E-state index contributed by atoms with van der Waals surface area (Å²) in [5, 5.41) is 5.10. The second kappa shape index (κ2) is 6.05. The van der Waals surface area contributed by atoms with Gasteiger partial charge in [-0.15, -0.1) is 0 Å². The van der Waals surface area contributed by atoms with E-state index in [4.69, 9.17) is 0 Å². The van der Waals surface area contributed by atoms with E-state index in [9.17, 15) is 14.4 Å². The monoisotopic (exact) mass is 360 g/mol. The van der Waals surface area contributed by atoms with E-state index >= 15 is 0 Å². The van der Waals surface area contributed by atoms with Crippen molar-refractivity contribution in [2.75, 3.05) is 6.54 Å². The van der Waals surface area contributed by atoms with E-state index in [-0.39, 0.29) is 47.9 Å². The van der Waals surface area contributed by atoms with Crippen LogP contribution in [0.5, 0.6) is 0 Å². The molecule has 0 aromatic heterocycles. The fourth-order valence-corrected chi connectivity index (χ4v) is 4.87. The van der Waals surface area contributed by atoms with Crippen LogP contribution < -0.4 is 5.32 Å². The maximum absolute atomic E-state index is 12.6. The highest BCUT2D eigenvalue weighted by molar-refractivity contribution is 6.08. The van der Waals surface area contributed by atoms with Gasteiger partial charge in [0.1, 0.15) is 6.54 Å². The number of carbonyl (C=O) groups is 3. The van der Waals surface area contributed by atoms with E-state index in [2.05, 4.69) is 17.5 Å². The van der Waals surface area contributed by atoms with Crippen molar-refractivity contribution in [1.29, 1.82) is 0 Å². The number of fused-ring (bicyclic) bond motifs is 6. The lowest BCUT2D eigenvalue weighted by Gasteiger charge is -2.17. The topological polar surface area (TPSA) is 66.5 Å². The van der Waals surface area contributed by atoms with Gasteiger partial charge >= 0.3 is 0 Å². The van der Waals surface area contributed by atoms with Crippen LogP contribution in [0.4, 0.5) is 0 Å². The van der Waals surface area contributed by atoms with Crippen molar-refractivity contribution < 1.29 is 14.4 Å². The summed E-state index contributed by atoms with van der Waals surface area (Å²) in [4.78, 5) is 38.8. The predicted molar refractivity (Wildman–Crippen MR) is 100 cm³/mol. The largest absolute Gasteiger partial charge is 0.350 e. The number of imide groups is 1. The molecule has 5 rings (SSSR count). The van der Waals surface area contributed by atoms with Gasteiger partial charge in [-0.25, -0.2) is 0 Å². The van der Waals surface area contributed by atoms with E-state index < -0.39 is 0 Å². The molecule has 4 unspecified atom stereocenters. The van der Waals surface area contributed by atoms with E-state index in [0.717, 1.165) is 27.7 Å². The Morgan fingerprint density at radius 1 is 0.963 bits per heavy atom. The molecule has 5 nitrogen and oxygen atoms in total. The molecule has 2 aromatic carbocycles. The predicted octanol–water partition coefficient (Wildman–Crippen LogP) is 2.26. The molecule has 1 heterocycles. The van der Waals surface area contributed by atoms with Crippen LogP contribution in [-0.4, -0.2) is 29.2 Å². The van der Waals surface area contributed by atoms with Crippen molar-refractivity contribution in [3.63, 3.8) is 0 Å². The van der Waals surface area contributed by atoms with Crippen molar-refractivity contribution in [2.45, 2.75) is 13.0 Å². The van der Waals surface area contributed by atoms with Gasteiger partial charge in [0.15, 0.2) is 0 Å². The Hall–Kier alpha value is -2.95. The Balaban J connectivity index is 1.23. The lowest BCUT2D eigenvalue weighted by Crippen LogP contribution is -2.41. The number of nitrogens with zero attached hydrogens (tertiary/aromatic N) is 1. The van der Waals surface area contributed by atoms with E-state index in [1.165, 1.54) is 0 Å². The van der Waals surface area contributed by atoms with Gasteiger partial charge in [-0.2, -0.15) is 0 Å². The van der Waals surface area contributed by atoms with Crippen LogP contribution in [0.3, 0.4) is 0 Å². The van der Waals surface area contributed by atoms with Crippen molar-refractivity contribution in [1.82, 2.24) is 10.2 Å². The first-order valence-electron chi connectivity index (χ1n) is 9.40. The SMILES string of the molecule is O=C(CN1C(=O)C2C3C=CC(C3)C2C1=O)NCc1ccc2ccccc2c1. The van der Waals surface area contributed by atoms with Crippen LogP contribution in [0.1, 0.15) is 12.0 Å². The molecule has 3 aliphatic rings. The molecule has 1 saturated carbocycles. The number of hydrogen-bond acceptors (Lipinski definition) is 3. The molecule has 3 amide bonds. The molecule has 2 fully saturated rings. The van der Waals surface area contributed by atoms with E-state index in [0.29, 0.717) is 6.54 Å². The first-order valence-corrected chi connectivity index (χ1v) is 9.40. The van der Waals surface area contributed by atoms with Crippen LogP contribution >= 0.6 is 0 Å². The average molecular weight is 360 g/mol. The van der Waals surface area contributed by atoms with Gasteiger partial charge in [0.05, 0.1) is 11.8 Å². The van der Waals surface area contributed by atoms with E-state index in [1.54, 1.807) is 0 Å². The van der Waals surface area contributed by atoms with Gasteiger partial charge in [-0.1, -0.05) is 48.6 Å². The Morgan fingerprint density at radius 2 is 1.63 bits per heavy atom. The number of nitrogens with one attached hydrogen (secondary N) is 1. The smallest absolute Gasteiger partial charge is 0.240 e. The third kappa shape index (κ3) is 2.57. The van der Waals surface area contributed by atoms with Gasteiger partial charge in [-0.05, 0) is 40.7 Å². The third-order valence-electron chi connectivity index (χ3n) is 6.17. The number of benzene rings is 2. The van der Waals surface area contributed by atoms with Crippen LogP contribution in [-0.2, 0) is 20.9 Å². The zero-order chi connectivity index (χ0) is 18.5. The lowest BCUT2D eigenvalue weighted by atomic mass is 9.85. The normalized spacial score (nSPS) is 28.2. The summed E-state index contributed by atoms with van der Waals surface area (Å²) in [7, 11) is 0. The molecule has 1 saturated heterocycles. The third-order valence-corrected chi connectivity index (χ3v) is 6.17. The Bertz CT molecular complexity index is 966. The molecular weight excluding hydrogens is 340 g/mol. The van der Waals surface area contributed by atoms with Gasteiger partial charge < -0.3 is 5.32 Å². The molecule has 27 heavy (non-hydrogen) atoms. The molecule has 1 aliphatic heterocycles. The van der Waals surface area contributed by atoms with Crippen LogP contribution in [0.15, 0.2) is 54.6 Å². The fourth-order valence-electron chi connectivity index (χ4n) is 4.87. The highest BCUT2D eigenvalue weighted by Gasteiger charge is 2.59. The number of allylic oxidation sites excluding steroid dienone is 2. The summed E-state index contributed by atoms with van der Waals surface area (Å²) in [5.74, 6) is -0.818. The minimum absolute atomic E-state index is 0.169. The standard InChI is InChI=1S/C22H20N2O3/c25-18(23-11-13-5-6-14-3-1-2-4-15(14)9-13)12-24-21(26)19-16-7-8-17(10-16)20(19)22(24)27/h1-9,16-17,19-20H,10-12H2,(H,23,25). The Labute approximate surface area is 157 Å². The second-order valence-electron chi connectivity index (χ2n) is 7.72. The molecule has 2 aromatic rings. The Kier molecular flexibility index (Phi) is 3.64. The minimum Gasteiger partial charge on any atom is -0.350 e. The number of carbonyl (C=O) groups excluding carboxylic acids is 3. The first kappa shape index (κ1) is 16.2. The molecule has 0 radical (unpaired) electrons. The van der Waals surface area contributed by atoms with Gasteiger partial charge in [0.2, 0.25) is 17.7 Å². The van der Waals surface area contributed by atoms with Crippen molar-refractivity contribution in [2.24, 2.45) is 23.7 Å². The molecule has 4 atom stereocenters. The lowest BCUT2D eigenvalue weighted by molar-refractivity contribution is -0.144. The number of hydrogen-bond donors (Lipinski definition) is 1. The summed E-state index contributed by atoms with van der Waals surface area (Å²) in [6.45, 7) is 0.192. The zero-order valence-corrected chi connectivity index (χ0v) is 14.8. The summed E-state index contributed by atoms with van der Waals surface area (Å²) in [6, 6.07) is 14.1. The van der Waals surface area contributed by atoms with Gasteiger partial charge in [0, 0.05) is 6.54 Å². The molecule has 2 aliphatic carbocycles. The summed E-state index contributed by atoms with van der Waals surface area (Å²) in [5.41, 5.74) is 0.986. The molecular formula is C22H20N2O3. The first-order chi connectivity index (χ1) is 13.1. The fraction of sp³-hybridized carbons (Fsp3) is 0.318. The van der Waals surface area contributed by atoms with Crippen molar-refractivity contribution in [3.8, 4) is 0 Å². The maximum Gasteiger partial charge on any atom is 0.240 e. The quantitative estimate of drug-likeness (QED) is 0.672. The summed E-state index contributed by atoms with van der Waals surface area (Å²) < 4.78 is 0. The summed E-state index contributed by atoms with van der Waals surface area (Å²) >= 11 is 0.